The SMILES string of the molecule is CCS(=O)(=O)c1ccc(-n2ccn(-c3c4c(nn3-c3cc(C)c(F)c(C)c3)CCN(C(=O)c3cc5cc(C6CCOCC6)ccc5n3[C@@]3(c5noc(=O)[nH]5)C[C@H]3C)[C@H]4C)c2=O)cc1. The van der Waals surface area contributed by atoms with E-state index in [2.05, 4.69) is 35.3 Å². The van der Waals surface area contributed by atoms with Gasteiger partial charge < -0.3 is 14.2 Å². The minimum absolute atomic E-state index is 0.0107. The van der Waals surface area contributed by atoms with Crippen LogP contribution < -0.4 is 11.4 Å². The number of halogens is 1. The van der Waals surface area contributed by atoms with Crippen LogP contribution in [0.5, 0.6) is 0 Å². The summed E-state index contributed by atoms with van der Waals surface area (Å²) in [6, 6.07) is 17.2. The lowest BCUT2D eigenvalue weighted by Gasteiger charge is -2.34. The smallest absolute Gasteiger partial charge is 0.381 e. The maximum atomic E-state index is 15.4. The number of rotatable bonds is 9. The van der Waals surface area contributed by atoms with Gasteiger partial charge >= 0.3 is 11.4 Å². The van der Waals surface area contributed by atoms with Crippen molar-refractivity contribution >= 4 is 26.6 Å². The maximum Gasteiger partial charge on any atom is 0.438 e. The number of ether oxygens (including phenoxy) is 1. The molecule has 4 aromatic heterocycles. The summed E-state index contributed by atoms with van der Waals surface area (Å²) in [5.41, 5.74) is 4.28. The molecule has 1 saturated heterocycles. The first-order valence-corrected chi connectivity index (χ1v) is 23.0. The Bertz CT molecular complexity index is 3180. The summed E-state index contributed by atoms with van der Waals surface area (Å²) in [7, 11) is -3.46. The highest BCUT2D eigenvalue weighted by molar-refractivity contribution is 7.91. The molecule has 2 aliphatic heterocycles. The molecule has 10 rings (SSSR count). The summed E-state index contributed by atoms with van der Waals surface area (Å²) >= 11 is 0. The van der Waals surface area contributed by atoms with E-state index in [1.54, 1.807) is 67.0 Å². The number of amides is 1. The third-order valence-corrected chi connectivity index (χ3v) is 15.2. The second-order valence-corrected chi connectivity index (χ2v) is 19.5. The number of aryl methyl sites for hydroxylation is 2. The molecule has 15 nitrogen and oxygen atoms in total. The average molecular weight is 875 g/mol. The molecular formula is C46H47FN8O7S. The monoisotopic (exact) mass is 874 g/mol. The first kappa shape index (κ1) is 40.7. The van der Waals surface area contributed by atoms with Crippen LogP contribution in [0.3, 0.4) is 0 Å². The van der Waals surface area contributed by atoms with Gasteiger partial charge in [-0.1, -0.05) is 25.1 Å². The van der Waals surface area contributed by atoms with Gasteiger partial charge in [-0.05, 0) is 123 Å². The Morgan fingerprint density at radius 1 is 0.952 bits per heavy atom. The van der Waals surface area contributed by atoms with Gasteiger partial charge in [-0.25, -0.2) is 27.1 Å². The van der Waals surface area contributed by atoms with Crippen molar-refractivity contribution in [2.24, 2.45) is 5.92 Å². The molecule has 3 atom stereocenters. The van der Waals surface area contributed by atoms with Crippen LogP contribution >= 0.6 is 0 Å². The summed E-state index contributed by atoms with van der Waals surface area (Å²) in [6.45, 7) is 10.6. The fourth-order valence-corrected chi connectivity index (χ4v) is 10.8. The van der Waals surface area contributed by atoms with E-state index in [9.17, 15) is 18.0 Å². The van der Waals surface area contributed by atoms with Crippen LogP contribution in [0.15, 0.2) is 92.1 Å². The largest absolute Gasteiger partial charge is 0.438 e. The zero-order chi connectivity index (χ0) is 44.1. The van der Waals surface area contributed by atoms with Gasteiger partial charge in [-0.2, -0.15) is 5.10 Å². The third-order valence-electron chi connectivity index (χ3n) is 13.5. The lowest BCUT2D eigenvalue weighted by Crippen LogP contribution is -2.41. The standard InChI is InChI=1S/C46H47FN8O7S/c1-6-63(59,60)35-10-8-33(9-11-35)52-17-18-53(45(52)58)41-39-29(5)51(16-13-36(39)49-55(41)34-21-26(2)40(47)27(3)22-34)42(56)38-24-32-23-31(30-14-19-61-20-15-30)7-12-37(32)54(38)46(25-28(46)4)43-48-44(57)62-50-43/h7-12,17-18,21-24,28-30H,6,13-16,19-20,25H2,1-5H3,(H,48,50,57)/t28-,29+,46+/m1/s1. The van der Waals surface area contributed by atoms with Gasteiger partial charge in [0.05, 0.1) is 33.8 Å². The van der Waals surface area contributed by atoms with Gasteiger partial charge in [-0.15, -0.1) is 0 Å². The molecule has 0 bridgehead atoms. The van der Waals surface area contributed by atoms with Gasteiger partial charge in [-0.3, -0.25) is 23.4 Å². The highest BCUT2D eigenvalue weighted by Gasteiger charge is 2.59. The molecule has 1 amide bonds. The lowest BCUT2D eigenvalue weighted by atomic mass is 9.91. The summed E-state index contributed by atoms with van der Waals surface area (Å²) in [5, 5.41) is 10.1. The van der Waals surface area contributed by atoms with Gasteiger partial charge in [0.1, 0.15) is 22.9 Å². The number of benzene rings is 3. The van der Waals surface area contributed by atoms with Crippen molar-refractivity contribution in [2.75, 3.05) is 25.5 Å². The molecule has 7 aromatic rings. The van der Waals surface area contributed by atoms with Crippen LogP contribution in [0, 0.1) is 25.6 Å². The second-order valence-electron chi connectivity index (χ2n) is 17.2. The molecule has 6 heterocycles. The summed E-state index contributed by atoms with van der Waals surface area (Å²) in [6.07, 6.45) is 6.01. The fraction of sp³-hybridized carbons (Fsp3) is 0.370. The van der Waals surface area contributed by atoms with Crippen LogP contribution in [0.2, 0.25) is 0 Å². The highest BCUT2D eigenvalue weighted by Crippen LogP contribution is 2.56. The molecule has 0 spiro atoms. The number of hydrogen-bond acceptors (Lipinski definition) is 9. The van der Waals surface area contributed by atoms with E-state index in [-0.39, 0.29) is 28.3 Å². The molecule has 0 unspecified atom stereocenters. The van der Waals surface area contributed by atoms with Gasteiger partial charge in [0.2, 0.25) is 0 Å². The number of carbonyl (C=O) groups excluding carboxylic acids is 1. The van der Waals surface area contributed by atoms with E-state index in [4.69, 9.17) is 14.4 Å². The Hall–Kier alpha value is -6.33. The zero-order valence-electron chi connectivity index (χ0n) is 35.6. The molecule has 3 aliphatic rings. The summed E-state index contributed by atoms with van der Waals surface area (Å²) < 4.78 is 57.4. The molecule has 1 aliphatic carbocycles. The first-order valence-electron chi connectivity index (χ1n) is 21.4. The quantitative estimate of drug-likeness (QED) is 0.172. The second kappa shape index (κ2) is 14.9. The molecule has 326 valence electrons. The normalized spacial score (nSPS) is 20.4. The van der Waals surface area contributed by atoms with E-state index in [0.29, 0.717) is 89.6 Å². The van der Waals surface area contributed by atoms with Crippen molar-refractivity contribution in [3.8, 4) is 17.2 Å². The number of fused-ring (bicyclic) bond motifs is 2. The number of nitrogens with zero attached hydrogens (tertiary/aromatic N) is 7. The predicted molar refractivity (Wildman–Crippen MR) is 232 cm³/mol. The van der Waals surface area contributed by atoms with Gasteiger partial charge in [0.15, 0.2) is 15.7 Å². The fourth-order valence-electron chi connectivity index (χ4n) is 9.93. The van der Waals surface area contributed by atoms with Crippen LogP contribution in [0.1, 0.15) is 96.3 Å². The number of carbonyl (C=O) groups is 1. The van der Waals surface area contributed by atoms with E-state index >= 15 is 9.18 Å². The Kier molecular flexibility index (Phi) is 9.63. The molecule has 3 aromatic carbocycles. The van der Waals surface area contributed by atoms with Crippen LogP contribution in [0.4, 0.5) is 4.39 Å². The van der Waals surface area contributed by atoms with Crippen molar-refractivity contribution in [2.45, 2.75) is 82.7 Å². The Balaban J connectivity index is 1.11. The number of aromatic amines is 1. The number of H-pyrrole nitrogens is 1. The number of nitrogens with one attached hydrogen (secondary N) is 1. The van der Waals surface area contributed by atoms with E-state index < -0.39 is 32.9 Å². The van der Waals surface area contributed by atoms with E-state index in [1.165, 1.54) is 26.8 Å². The molecule has 1 saturated carbocycles. The van der Waals surface area contributed by atoms with Crippen molar-refractivity contribution < 1.29 is 26.9 Å². The minimum atomic E-state index is -3.46. The number of hydrogen-bond donors (Lipinski definition) is 1. The molecular weight excluding hydrogens is 828 g/mol. The van der Waals surface area contributed by atoms with E-state index in [0.717, 1.165) is 23.7 Å². The Morgan fingerprint density at radius 2 is 1.65 bits per heavy atom. The first-order chi connectivity index (χ1) is 30.2. The van der Waals surface area contributed by atoms with Crippen molar-refractivity contribution in [1.82, 2.24) is 38.5 Å². The zero-order valence-corrected chi connectivity index (χ0v) is 36.4. The number of imidazole rings is 1. The molecule has 0 radical (unpaired) electrons. The highest BCUT2D eigenvalue weighted by atomic mass is 32.2. The maximum absolute atomic E-state index is 15.4. The predicted octanol–water partition coefficient (Wildman–Crippen LogP) is 6.43. The van der Waals surface area contributed by atoms with Gasteiger partial charge in [0.25, 0.3) is 5.91 Å². The number of aromatic nitrogens is 7. The van der Waals surface area contributed by atoms with Crippen molar-refractivity contribution in [3.05, 3.63) is 139 Å². The van der Waals surface area contributed by atoms with Crippen LogP contribution in [-0.4, -0.2) is 78.4 Å². The molecule has 17 heteroatoms. The topological polar surface area (TPSA) is 172 Å². The summed E-state index contributed by atoms with van der Waals surface area (Å²) in [4.78, 5) is 47.1. The average Bonchev–Trinajstić information content (AvgIpc) is 3.78. The van der Waals surface area contributed by atoms with Crippen LogP contribution in [-0.2, 0) is 26.5 Å². The van der Waals surface area contributed by atoms with E-state index in [1.807, 2.05) is 17.6 Å². The Morgan fingerprint density at radius 3 is 2.30 bits per heavy atom. The van der Waals surface area contributed by atoms with Crippen molar-refractivity contribution in [1.29, 1.82) is 0 Å². The third kappa shape index (κ3) is 6.45. The summed E-state index contributed by atoms with van der Waals surface area (Å²) in [5.74, 6) is -0.237. The minimum Gasteiger partial charge on any atom is -0.381 e. The van der Waals surface area contributed by atoms with Gasteiger partial charge in [0, 0.05) is 55.0 Å². The van der Waals surface area contributed by atoms with Crippen LogP contribution in [0.25, 0.3) is 28.1 Å². The Labute approximate surface area is 361 Å². The number of sulfone groups is 1. The lowest BCUT2D eigenvalue weighted by molar-refractivity contribution is 0.0663. The molecule has 63 heavy (non-hydrogen) atoms. The van der Waals surface area contributed by atoms with Crippen molar-refractivity contribution in [3.63, 3.8) is 0 Å². The molecule has 1 N–H and O–H groups in total. The molecule has 2 fully saturated rings.